The maximum Gasteiger partial charge on any atom is 0.226 e. The highest BCUT2D eigenvalue weighted by molar-refractivity contribution is 5.79. The third kappa shape index (κ3) is 5.11. The van der Waals surface area contributed by atoms with Crippen molar-refractivity contribution in [3.63, 3.8) is 0 Å². The molecule has 0 aromatic heterocycles. The van der Waals surface area contributed by atoms with E-state index >= 15 is 0 Å². The highest BCUT2D eigenvalue weighted by Gasteiger charge is 2.36. The average molecular weight is 371 g/mol. The number of ether oxygens (including phenoxy) is 1. The van der Waals surface area contributed by atoms with Crippen LogP contribution in [0.1, 0.15) is 49.7 Å². The van der Waals surface area contributed by atoms with Gasteiger partial charge in [-0.3, -0.25) is 4.79 Å². The topological polar surface area (TPSA) is 32.8 Å². The minimum Gasteiger partial charge on any atom is -0.381 e. The minimum atomic E-state index is 0.169. The van der Waals surface area contributed by atoms with Gasteiger partial charge < -0.3 is 14.5 Å². The van der Waals surface area contributed by atoms with Crippen LogP contribution >= 0.6 is 0 Å². The van der Waals surface area contributed by atoms with Crippen molar-refractivity contribution in [3.8, 4) is 0 Å². The molecule has 0 unspecified atom stereocenters. The van der Waals surface area contributed by atoms with E-state index in [1.165, 1.54) is 56.3 Å². The van der Waals surface area contributed by atoms with Gasteiger partial charge in [0.1, 0.15) is 0 Å². The van der Waals surface area contributed by atoms with Gasteiger partial charge in [0.15, 0.2) is 0 Å². The SMILES string of the molecule is CN1CCC(Cc2ccc(CN(C(=O)C3CCOCC3)C3CC3)cc2)CC1. The summed E-state index contributed by atoms with van der Waals surface area (Å²) in [5, 5.41) is 0. The third-order valence-corrected chi connectivity index (χ3v) is 6.58. The highest BCUT2D eigenvalue weighted by atomic mass is 16.5. The monoisotopic (exact) mass is 370 g/mol. The first-order valence-electron chi connectivity index (χ1n) is 10.8. The molecule has 0 radical (unpaired) electrons. The molecule has 27 heavy (non-hydrogen) atoms. The lowest BCUT2D eigenvalue weighted by Gasteiger charge is -2.30. The molecule has 1 saturated carbocycles. The van der Waals surface area contributed by atoms with E-state index in [4.69, 9.17) is 4.74 Å². The molecular formula is C23H34N2O2. The second-order valence-electron chi connectivity index (χ2n) is 8.85. The number of nitrogens with zero attached hydrogens (tertiary/aromatic N) is 2. The van der Waals surface area contributed by atoms with Crippen molar-refractivity contribution in [3.05, 3.63) is 35.4 Å². The maximum absolute atomic E-state index is 13.0. The Morgan fingerprint density at radius 1 is 1.00 bits per heavy atom. The summed E-state index contributed by atoms with van der Waals surface area (Å²) in [5.41, 5.74) is 2.72. The molecule has 0 bridgehead atoms. The average Bonchev–Trinajstić information content (AvgIpc) is 3.54. The van der Waals surface area contributed by atoms with Gasteiger partial charge >= 0.3 is 0 Å². The molecule has 0 spiro atoms. The van der Waals surface area contributed by atoms with Crippen molar-refractivity contribution < 1.29 is 9.53 Å². The quantitative estimate of drug-likeness (QED) is 0.768. The first-order valence-corrected chi connectivity index (χ1v) is 10.8. The van der Waals surface area contributed by atoms with Crippen molar-refractivity contribution in [1.82, 2.24) is 9.80 Å². The standard InChI is InChI=1S/C23H34N2O2/c1-24-12-8-19(9-13-24)16-18-2-4-20(5-3-18)17-25(22-6-7-22)23(26)21-10-14-27-15-11-21/h2-5,19,21-22H,6-17H2,1H3. The summed E-state index contributed by atoms with van der Waals surface area (Å²) in [6.07, 6.45) is 7.93. The molecule has 2 saturated heterocycles. The fourth-order valence-electron chi connectivity index (χ4n) is 4.53. The Bertz CT molecular complexity index is 612. The van der Waals surface area contributed by atoms with E-state index < -0.39 is 0 Å². The second kappa shape index (κ2) is 8.74. The molecule has 3 aliphatic rings. The van der Waals surface area contributed by atoms with Gasteiger partial charge in [-0.05, 0) is 82.1 Å². The van der Waals surface area contributed by atoms with E-state index in [1.807, 2.05) is 0 Å². The fraction of sp³-hybridized carbons (Fsp3) is 0.696. The molecule has 1 aromatic carbocycles. The molecule has 0 N–H and O–H groups in total. The number of likely N-dealkylation sites (tertiary alicyclic amines) is 1. The van der Waals surface area contributed by atoms with Crippen LogP contribution in [0.3, 0.4) is 0 Å². The maximum atomic E-state index is 13.0. The Kier molecular flexibility index (Phi) is 6.14. The van der Waals surface area contributed by atoms with Gasteiger partial charge in [-0.15, -0.1) is 0 Å². The van der Waals surface area contributed by atoms with Crippen molar-refractivity contribution in [2.45, 2.75) is 57.5 Å². The Hall–Kier alpha value is -1.39. The number of carbonyl (C=O) groups excluding carboxylic acids is 1. The molecule has 0 atom stereocenters. The number of hydrogen-bond acceptors (Lipinski definition) is 3. The van der Waals surface area contributed by atoms with Crippen LogP contribution in [0.15, 0.2) is 24.3 Å². The van der Waals surface area contributed by atoms with Crippen LogP contribution < -0.4 is 0 Å². The highest BCUT2D eigenvalue weighted by Crippen LogP contribution is 2.31. The summed E-state index contributed by atoms with van der Waals surface area (Å²) >= 11 is 0. The van der Waals surface area contributed by atoms with E-state index in [0.717, 1.165) is 38.5 Å². The van der Waals surface area contributed by atoms with E-state index in [0.29, 0.717) is 11.9 Å². The number of rotatable bonds is 6. The Morgan fingerprint density at radius 2 is 1.63 bits per heavy atom. The lowest BCUT2D eigenvalue weighted by Crippen LogP contribution is -2.39. The molecule has 1 aliphatic carbocycles. The summed E-state index contributed by atoms with van der Waals surface area (Å²) < 4.78 is 5.43. The predicted molar refractivity (Wildman–Crippen MR) is 107 cm³/mol. The van der Waals surface area contributed by atoms with Crippen LogP contribution in [0.2, 0.25) is 0 Å². The predicted octanol–water partition coefficient (Wildman–Crippen LogP) is 3.49. The molecule has 4 rings (SSSR count). The number of piperidine rings is 1. The van der Waals surface area contributed by atoms with Gasteiger partial charge in [-0.25, -0.2) is 0 Å². The van der Waals surface area contributed by atoms with Gasteiger partial charge in [-0.1, -0.05) is 24.3 Å². The van der Waals surface area contributed by atoms with Crippen LogP contribution in [0.25, 0.3) is 0 Å². The van der Waals surface area contributed by atoms with Gasteiger partial charge in [0.2, 0.25) is 5.91 Å². The number of amides is 1. The second-order valence-corrected chi connectivity index (χ2v) is 8.85. The number of benzene rings is 1. The van der Waals surface area contributed by atoms with Gasteiger partial charge in [0.05, 0.1) is 0 Å². The molecule has 4 nitrogen and oxygen atoms in total. The zero-order valence-corrected chi connectivity index (χ0v) is 16.7. The van der Waals surface area contributed by atoms with Crippen molar-refractivity contribution in [2.24, 2.45) is 11.8 Å². The molecule has 148 valence electrons. The smallest absolute Gasteiger partial charge is 0.226 e. The zero-order valence-electron chi connectivity index (χ0n) is 16.7. The van der Waals surface area contributed by atoms with Crippen LogP contribution in [0.5, 0.6) is 0 Å². The van der Waals surface area contributed by atoms with Crippen molar-refractivity contribution >= 4 is 5.91 Å². The first kappa shape index (κ1) is 18.9. The van der Waals surface area contributed by atoms with Gasteiger partial charge in [0.25, 0.3) is 0 Å². The van der Waals surface area contributed by atoms with E-state index in [-0.39, 0.29) is 5.92 Å². The Morgan fingerprint density at radius 3 is 2.26 bits per heavy atom. The van der Waals surface area contributed by atoms with E-state index in [9.17, 15) is 4.79 Å². The van der Waals surface area contributed by atoms with Gasteiger partial charge in [0, 0.05) is 31.7 Å². The summed E-state index contributed by atoms with van der Waals surface area (Å²) in [4.78, 5) is 17.6. The summed E-state index contributed by atoms with van der Waals surface area (Å²) in [7, 11) is 2.22. The summed E-state index contributed by atoms with van der Waals surface area (Å²) in [6.45, 7) is 4.71. The van der Waals surface area contributed by atoms with E-state index in [1.54, 1.807) is 0 Å². The van der Waals surface area contributed by atoms with Crippen LogP contribution in [0, 0.1) is 11.8 Å². The molecule has 1 aromatic rings. The lowest BCUT2D eigenvalue weighted by molar-refractivity contribution is -0.139. The first-order chi connectivity index (χ1) is 13.2. The third-order valence-electron chi connectivity index (χ3n) is 6.58. The molecule has 3 fully saturated rings. The Labute approximate surface area is 163 Å². The van der Waals surface area contributed by atoms with Crippen molar-refractivity contribution in [2.75, 3.05) is 33.4 Å². The largest absolute Gasteiger partial charge is 0.381 e. The van der Waals surface area contributed by atoms with E-state index in [2.05, 4.69) is 41.1 Å². The Balaban J connectivity index is 1.34. The molecule has 1 amide bonds. The summed E-state index contributed by atoms with van der Waals surface area (Å²) in [6, 6.07) is 9.54. The zero-order chi connectivity index (χ0) is 18.6. The van der Waals surface area contributed by atoms with Crippen molar-refractivity contribution in [1.29, 1.82) is 0 Å². The van der Waals surface area contributed by atoms with Crippen LogP contribution in [-0.4, -0.2) is 55.1 Å². The number of carbonyl (C=O) groups is 1. The minimum absolute atomic E-state index is 0.169. The van der Waals surface area contributed by atoms with Crippen LogP contribution in [0.4, 0.5) is 0 Å². The fourth-order valence-corrected chi connectivity index (χ4v) is 4.53. The number of hydrogen-bond donors (Lipinski definition) is 0. The molecule has 4 heteroatoms. The molecule has 2 aliphatic heterocycles. The van der Waals surface area contributed by atoms with Crippen LogP contribution in [-0.2, 0) is 22.5 Å². The lowest BCUT2D eigenvalue weighted by atomic mass is 9.90. The molecule has 2 heterocycles. The molecular weight excluding hydrogens is 336 g/mol. The normalized spacial score (nSPS) is 22.7. The van der Waals surface area contributed by atoms with Gasteiger partial charge in [-0.2, -0.15) is 0 Å². The summed E-state index contributed by atoms with van der Waals surface area (Å²) in [5.74, 6) is 1.35.